The van der Waals surface area contributed by atoms with E-state index in [2.05, 4.69) is 17.2 Å². The maximum atomic E-state index is 12.9. The molecule has 0 N–H and O–H groups in total. The monoisotopic (exact) mass is 331 g/mol. The smallest absolute Gasteiger partial charge is 0.274 e. The van der Waals surface area contributed by atoms with Crippen molar-refractivity contribution in [3.05, 3.63) is 53.9 Å². The Morgan fingerprint density at radius 2 is 2.17 bits per heavy atom. The molecule has 1 aliphatic rings. The Morgan fingerprint density at radius 3 is 2.96 bits per heavy atom. The van der Waals surface area contributed by atoms with Gasteiger partial charge >= 0.3 is 0 Å². The van der Waals surface area contributed by atoms with Crippen LogP contribution in [0.25, 0.3) is 0 Å². The number of benzene rings is 1. The van der Waals surface area contributed by atoms with Crippen molar-refractivity contribution >= 4 is 17.7 Å². The highest BCUT2D eigenvalue weighted by Gasteiger charge is 2.30. The van der Waals surface area contributed by atoms with Crippen molar-refractivity contribution in [1.82, 2.24) is 14.7 Å². The van der Waals surface area contributed by atoms with Crippen LogP contribution in [0.15, 0.2) is 42.6 Å². The molecule has 0 saturated carbocycles. The first-order chi connectivity index (χ1) is 11.3. The van der Waals surface area contributed by atoms with Crippen LogP contribution in [0.3, 0.4) is 0 Å². The third-order valence-corrected chi connectivity index (χ3v) is 4.98. The SMILES string of the molecule is COCCn1ccc(C(=O)N2CCSC[C@@H]2c2ccccc2)n1. The molecule has 1 aliphatic heterocycles. The van der Waals surface area contributed by atoms with E-state index in [4.69, 9.17) is 4.74 Å². The molecule has 1 amide bonds. The van der Waals surface area contributed by atoms with Gasteiger partial charge in [0.05, 0.1) is 19.2 Å². The number of methoxy groups -OCH3 is 1. The molecule has 1 aromatic heterocycles. The van der Waals surface area contributed by atoms with Crippen molar-refractivity contribution in [3.63, 3.8) is 0 Å². The van der Waals surface area contributed by atoms with Crippen LogP contribution in [0.2, 0.25) is 0 Å². The summed E-state index contributed by atoms with van der Waals surface area (Å²) in [5.41, 5.74) is 1.70. The summed E-state index contributed by atoms with van der Waals surface area (Å²) in [5.74, 6) is 1.91. The lowest BCUT2D eigenvalue weighted by Gasteiger charge is -2.35. The summed E-state index contributed by atoms with van der Waals surface area (Å²) in [6, 6.07) is 12.1. The van der Waals surface area contributed by atoms with Crippen LogP contribution in [0.1, 0.15) is 22.1 Å². The van der Waals surface area contributed by atoms with Gasteiger partial charge < -0.3 is 9.64 Å². The van der Waals surface area contributed by atoms with Crippen LogP contribution in [0.4, 0.5) is 0 Å². The molecule has 0 bridgehead atoms. The molecule has 0 spiro atoms. The van der Waals surface area contributed by atoms with E-state index >= 15 is 0 Å². The number of amides is 1. The van der Waals surface area contributed by atoms with Crippen molar-refractivity contribution in [2.45, 2.75) is 12.6 Å². The predicted molar refractivity (Wildman–Crippen MR) is 91.6 cm³/mol. The number of hydrogen-bond donors (Lipinski definition) is 0. The average molecular weight is 331 g/mol. The van der Waals surface area contributed by atoms with E-state index in [1.807, 2.05) is 41.1 Å². The largest absolute Gasteiger partial charge is 0.383 e. The summed E-state index contributed by atoms with van der Waals surface area (Å²) < 4.78 is 6.80. The normalized spacial score (nSPS) is 18.1. The topological polar surface area (TPSA) is 47.4 Å². The Morgan fingerprint density at radius 1 is 1.35 bits per heavy atom. The first-order valence-corrected chi connectivity index (χ1v) is 8.91. The number of hydrogen-bond acceptors (Lipinski definition) is 4. The van der Waals surface area contributed by atoms with Crippen LogP contribution in [0, 0.1) is 0 Å². The van der Waals surface area contributed by atoms with Gasteiger partial charge in [0.15, 0.2) is 0 Å². The quantitative estimate of drug-likeness (QED) is 0.844. The van der Waals surface area contributed by atoms with Gasteiger partial charge in [-0.1, -0.05) is 30.3 Å². The standard InChI is InChI=1S/C17H21N3O2S/c1-22-11-9-19-8-7-15(18-19)17(21)20-10-12-23-13-16(20)14-5-3-2-4-6-14/h2-8,16H,9-13H2,1H3/t16-/m1/s1. The highest BCUT2D eigenvalue weighted by atomic mass is 32.2. The summed E-state index contributed by atoms with van der Waals surface area (Å²) in [7, 11) is 1.66. The molecule has 122 valence electrons. The van der Waals surface area contributed by atoms with Gasteiger partial charge in [-0.3, -0.25) is 9.48 Å². The fourth-order valence-electron chi connectivity index (χ4n) is 2.73. The molecule has 0 aliphatic carbocycles. The van der Waals surface area contributed by atoms with Crippen molar-refractivity contribution in [2.24, 2.45) is 0 Å². The highest BCUT2D eigenvalue weighted by Crippen LogP contribution is 2.30. The van der Waals surface area contributed by atoms with Gasteiger partial charge in [0.1, 0.15) is 5.69 Å². The van der Waals surface area contributed by atoms with Gasteiger partial charge in [0.25, 0.3) is 5.91 Å². The van der Waals surface area contributed by atoms with E-state index in [9.17, 15) is 4.79 Å². The third kappa shape index (κ3) is 3.76. The minimum absolute atomic E-state index is 0.00956. The zero-order valence-electron chi connectivity index (χ0n) is 13.2. The first kappa shape index (κ1) is 16.1. The zero-order valence-corrected chi connectivity index (χ0v) is 14.0. The number of carbonyl (C=O) groups is 1. The summed E-state index contributed by atoms with van der Waals surface area (Å²) >= 11 is 1.89. The van der Waals surface area contributed by atoms with Gasteiger partial charge in [-0.05, 0) is 11.6 Å². The molecule has 1 fully saturated rings. The number of thioether (sulfide) groups is 1. The molecule has 2 heterocycles. The summed E-state index contributed by atoms with van der Waals surface area (Å²) in [6.07, 6.45) is 1.84. The van der Waals surface area contributed by atoms with Gasteiger partial charge in [0.2, 0.25) is 0 Å². The summed E-state index contributed by atoms with van der Waals surface area (Å²) in [4.78, 5) is 14.8. The van der Waals surface area contributed by atoms with E-state index < -0.39 is 0 Å². The van der Waals surface area contributed by atoms with Crippen molar-refractivity contribution in [2.75, 3.05) is 31.8 Å². The van der Waals surface area contributed by atoms with Crippen LogP contribution < -0.4 is 0 Å². The van der Waals surface area contributed by atoms with E-state index in [-0.39, 0.29) is 11.9 Å². The fraction of sp³-hybridized carbons (Fsp3) is 0.412. The number of rotatable bonds is 5. The first-order valence-electron chi connectivity index (χ1n) is 7.75. The van der Waals surface area contributed by atoms with Crippen molar-refractivity contribution in [3.8, 4) is 0 Å². The molecule has 6 heteroatoms. The van der Waals surface area contributed by atoms with Crippen LogP contribution in [0.5, 0.6) is 0 Å². The minimum Gasteiger partial charge on any atom is -0.383 e. The fourth-order valence-corrected chi connectivity index (χ4v) is 3.82. The van der Waals surface area contributed by atoms with E-state index in [1.165, 1.54) is 5.56 Å². The van der Waals surface area contributed by atoms with Gasteiger partial charge in [0, 0.05) is 31.4 Å². The lowest BCUT2D eigenvalue weighted by Crippen LogP contribution is -2.41. The lowest BCUT2D eigenvalue weighted by molar-refractivity contribution is 0.0694. The van der Waals surface area contributed by atoms with Crippen molar-refractivity contribution < 1.29 is 9.53 Å². The molecule has 5 nitrogen and oxygen atoms in total. The number of aromatic nitrogens is 2. The molecule has 0 unspecified atom stereocenters. The van der Waals surface area contributed by atoms with Crippen molar-refractivity contribution in [1.29, 1.82) is 0 Å². The van der Waals surface area contributed by atoms with Gasteiger partial charge in [-0.2, -0.15) is 16.9 Å². The van der Waals surface area contributed by atoms with Gasteiger partial charge in [-0.25, -0.2) is 0 Å². The molecule has 1 saturated heterocycles. The molecule has 23 heavy (non-hydrogen) atoms. The Bertz CT molecular complexity index is 644. The average Bonchev–Trinajstić information content (AvgIpc) is 3.09. The molecule has 3 rings (SSSR count). The van der Waals surface area contributed by atoms with Crippen LogP contribution >= 0.6 is 11.8 Å². The Hall–Kier alpha value is -1.79. The molecular weight excluding hydrogens is 310 g/mol. The van der Waals surface area contributed by atoms with Crippen LogP contribution in [-0.2, 0) is 11.3 Å². The number of carbonyl (C=O) groups excluding carboxylic acids is 1. The Labute approximate surface area is 140 Å². The second-order valence-electron chi connectivity index (χ2n) is 5.46. The predicted octanol–water partition coefficient (Wildman–Crippen LogP) is 2.46. The highest BCUT2D eigenvalue weighted by molar-refractivity contribution is 7.99. The summed E-state index contributed by atoms with van der Waals surface area (Å²) in [5, 5.41) is 4.39. The molecule has 1 aromatic carbocycles. The molecule has 2 aromatic rings. The third-order valence-electron chi connectivity index (χ3n) is 3.96. The molecule has 1 atom stereocenters. The number of nitrogens with zero attached hydrogens (tertiary/aromatic N) is 3. The second-order valence-corrected chi connectivity index (χ2v) is 6.61. The maximum absolute atomic E-state index is 12.9. The Kier molecular flexibility index (Phi) is 5.35. The number of ether oxygens (including phenoxy) is 1. The second kappa shape index (κ2) is 7.66. The minimum atomic E-state index is 0.00956. The molecular formula is C17H21N3O2S. The van der Waals surface area contributed by atoms with E-state index in [0.29, 0.717) is 18.8 Å². The van der Waals surface area contributed by atoms with Crippen LogP contribution in [-0.4, -0.2) is 52.4 Å². The lowest BCUT2D eigenvalue weighted by atomic mass is 10.1. The van der Waals surface area contributed by atoms with E-state index in [0.717, 1.165) is 18.1 Å². The maximum Gasteiger partial charge on any atom is 0.274 e. The molecule has 0 radical (unpaired) electrons. The van der Waals surface area contributed by atoms with Gasteiger partial charge in [-0.15, -0.1) is 0 Å². The Balaban J connectivity index is 1.77. The zero-order chi connectivity index (χ0) is 16.1. The summed E-state index contributed by atoms with van der Waals surface area (Å²) in [6.45, 7) is 2.00. The van der Waals surface area contributed by atoms with E-state index in [1.54, 1.807) is 17.9 Å².